The maximum Gasteiger partial charge on any atom is 0.162 e. The van der Waals surface area contributed by atoms with Gasteiger partial charge in [-0.1, -0.05) is 24.3 Å². The number of rotatable bonds is 6. The second-order valence-corrected chi connectivity index (χ2v) is 9.79. The second kappa shape index (κ2) is 9.76. The van der Waals surface area contributed by atoms with Crippen molar-refractivity contribution in [3.8, 4) is 22.4 Å². The summed E-state index contributed by atoms with van der Waals surface area (Å²) in [5.41, 5.74) is 8.06. The van der Waals surface area contributed by atoms with Crippen molar-refractivity contribution in [3.63, 3.8) is 0 Å². The summed E-state index contributed by atoms with van der Waals surface area (Å²) in [4.78, 5) is 19.2. The Morgan fingerprint density at radius 2 is 1.75 bits per heavy atom. The summed E-state index contributed by atoms with van der Waals surface area (Å²) in [6, 6.07) is 14.7. The number of nitrogens with zero attached hydrogens (tertiary/aromatic N) is 7. The summed E-state index contributed by atoms with van der Waals surface area (Å²) in [6.07, 6.45) is 10.0. The van der Waals surface area contributed by atoms with Crippen LogP contribution in [-0.4, -0.2) is 74.1 Å². The third-order valence-corrected chi connectivity index (χ3v) is 7.17. The molecule has 1 saturated heterocycles. The molecule has 0 spiro atoms. The van der Waals surface area contributed by atoms with Gasteiger partial charge in [0.25, 0.3) is 0 Å². The van der Waals surface area contributed by atoms with Crippen molar-refractivity contribution < 1.29 is 0 Å². The summed E-state index contributed by atoms with van der Waals surface area (Å²) in [7, 11) is 2.20. The van der Waals surface area contributed by atoms with Gasteiger partial charge in [-0.25, -0.2) is 9.50 Å². The first-order valence-electron chi connectivity index (χ1n) is 12.7. The molecule has 1 aliphatic rings. The highest BCUT2D eigenvalue weighted by atomic mass is 15.2. The average molecular weight is 478 g/mol. The number of aromatic nitrogens is 5. The second-order valence-electron chi connectivity index (χ2n) is 9.79. The Kier molecular flexibility index (Phi) is 6.17. The molecule has 1 fully saturated rings. The number of piperazine rings is 1. The van der Waals surface area contributed by atoms with Crippen LogP contribution < -0.4 is 0 Å². The molecule has 0 N–H and O–H groups in total. The molecule has 5 heterocycles. The van der Waals surface area contributed by atoms with Crippen molar-refractivity contribution in [2.75, 3.05) is 39.8 Å². The van der Waals surface area contributed by atoms with E-state index in [0.717, 1.165) is 64.0 Å². The van der Waals surface area contributed by atoms with Crippen LogP contribution in [-0.2, 0) is 6.42 Å². The monoisotopic (exact) mass is 477 g/mol. The molecule has 7 heteroatoms. The minimum Gasteiger partial charge on any atom is -0.304 e. The van der Waals surface area contributed by atoms with Gasteiger partial charge in [-0.2, -0.15) is 5.10 Å². The van der Waals surface area contributed by atoms with Crippen molar-refractivity contribution in [1.82, 2.24) is 34.4 Å². The minimum absolute atomic E-state index is 0.826. The van der Waals surface area contributed by atoms with Gasteiger partial charge in [0.1, 0.15) is 0 Å². The Labute approximate surface area is 211 Å². The van der Waals surface area contributed by atoms with Crippen LogP contribution in [0.5, 0.6) is 0 Å². The maximum atomic E-state index is 4.78. The average Bonchev–Trinajstić information content (AvgIpc) is 3.33. The lowest BCUT2D eigenvalue weighted by molar-refractivity contribution is 0.153. The van der Waals surface area contributed by atoms with Crippen molar-refractivity contribution in [2.45, 2.75) is 19.8 Å². The van der Waals surface area contributed by atoms with E-state index in [4.69, 9.17) is 9.97 Å². The predicted molar refractivity (Wildman–Crippen MR) is 144 cm³/mol. The molecular formula is C29H31N7. The number of fused-ring (bicyclic) bond motifs is 2. The molecule has 5 aromatic rings. The lowest BCUT2D eigenvalue weighted by Crippen LogP contribution is -2.44. The van der Waals surface area contributed by atoms with E-state index in [2.05, 4.69) is 51.2 Å². The van der Waals surface area contributed by atoms with Crippen molar-refractivity contribution in [1.29, 1.82) is 0 Å². The Morgan fingerprint density at radius 1 is 0.861 bits per heavy atom. The predicted octanol–water partition coefficient (Wildman–Crippen LogP) is 4.49. The third-order valence-electron chi connectivity index (χ3n) is 7.17. The topological polar surface area (TPSA) is 62.5 Å². The smallest absolute Gasteiger partial charge is 0.162 e. The zero-order chi connectivity index (χ0) is 24.5. The van der Waals surface area contributed by atoms with Gasteiger partial charge in [0.05, 0.1) is 17.4 Å². The SMILES string of the molecule is Cc1ccc2c(-c3cnn4cc(-c5ccc(CCCN6CCN(C)CC6)cn5)cnc34)cccc2n1. The van der Waals surface area contributed by atoms with Gasteiger partial charge in [-0.3, -0.25) is 9.97 Å². The first kappa shape index (κ1) is 22.8. The van der Waals surface area contributed by atoms with E-state index in [1.807, 2.05) is 54.4 Å². The molecule has 0 saturated carbocycles. The highest BCUT2D eigenvalue weighted by Crippen LogP contribution is 2.31. The Balaban J connectivity index is 1.18. The van der Waals surface area contributed by atoms with Crippen molar-refractivity contribution >= 4 is 16.6 Å². The summed E-state index contributed by atoms with van der Waals surface area (Å²) in [5, 5.41) is 5.72. The first-order chi connectivity index (χ1) is 17.6. The number of hydrogen-bond acceptors (Lipinski definition) is 6. The molecule has 1 aromatic carbocycles. The van der Waals surface area contributed by atoms with Gasteiger partial charge in [0.2, 0.25) is 0 Å². The van der Waals surface area contributed by atoms with Crippen LogP contribution in [0, 0.1) is 6.92 Å². The maximum absolute atomic E-state index is 4.78. The van der Waals surface area contributed by atoms with Crippen LogP contribution in [0.4, 0.5) is 0 Å². The molecule has 0 bridgehead atoms. The standard InChI is InChI=1S/C29H31N7/c1-21-8-10-25-24(6-3-7-28(25)33-21)26-19-32-36-20-23(18-31-29(26)36)27-11-9-22(17-30-27)5-4-12-35-15-13-34(2)14-16-35/h3,6-11,17-20H,4-5,12-16H2,1-2H3. The molecular weight excluding hydrogens is 446 g/mol. The van der Waals surface area contributed by atoms with Crippen LogP contribution in [0.15, 0.2) is 67.3 Å². The van der Waals surface area contributed by atoms with Crippen LogP contribution >= 0.6 is 0 Å². The molecule has 0 aliphatic carbocycles. The Morgan fingerprint density at radius 3 is 2.58 bits per heavy atom. The highest BCUT2D eigenvalue weighted by Gasteiger charge is 2.14. The summed E-state index contributed by atoms with van der Waals surface area (Å²) in [5.74, 6) is 0. The normalized spacial score (nSPS) is 15.2. The Bertz CT molecular complexity index is 1500. The van der Waals surface area contributed by atoms with Gasteiger partial charge in [-0.05, 0) is 62.7 Å². The lowest BCUT2D eigenvalue weighted by Gasteiger charge is -2.32. The molecule has 4 aromatic heterocycles. The number of likely N-dealkylation sites (N-methyl/N-ethyl adjacent to an activating group) is 1. The molecule has 7 nitrogen and oxygen atoms in total. The van der Waals surface area contributed by atoms with Crippen molar-refractivity contribution in [3.05, 3.63) is 78.5 Å². The zero-order valence-corrected chi connectivity index (χ0v) is 20.9. The molecule has 6 rings (SSSR count). The van der Waals surface area contributed by atoms with E-state index in [-0.39, 0.29) is 0 Å². The van der Waals surface area contributed by atoms with E-state index in [1.54, 1.807) is 0 Å². The molecule has 0 amide bonds. The fourth-order valence-electron chi connectivity index (χ4n) is 5.01. The van der Waals surface area contributed by atoms with Gasteiger partial charge in [-0.15, -0.1) is 0 Å². The number of aryl methyl sites for hydroxylation is 2. The Hall–Kier alpha value is -3.68. The first-order valence-corrected chi connectivity index (χ1v) is 12.7. The van der Waals surface area contributed by atoms with E-state index in [9.17, 15) is 0 Å². The van der Waals surface area contributed by atoms with Gasteiger partial charge in [0, 0.05) is 67.0 Å². The van der Waals surface area contributed by atoms with E-state index >= 15 is 0 Å². The summed E-state index contributed by atoms with van der Waals surface area (Å²) in [6.45, 7) is 7.87. The van der Waals surface area contributed by atoms with Gasteiger partial charge >= 0.3 is 0 Å². The third kappa shape index (κ3) is 4.59. The van der Waals surface area contributed by atoms with Crippen LogP contribution in [0.3, 0.4) is 0 Å². The van der Waals surface area contributed by atoms with Gasteiger partial charge < -0.3 is 9.80 Å². The van der Waals surface area contributed by atoms with Crippen LogP contribution in [0.1, 0.15) is 17.7 Å². The fraction of sp³-hybridized carbons (Fsp3) is 0.310. The molecule has 36 heavy (non-hydrogen) atoms. The molecule has 0 radical (unpaired) electrons. The quantitative estimate of drug-likeness (QED) is 0.359. The number of pyridine rings is 2. The summed E-state index contributed by atoms with van der Waals surface area (Å²) < 4.78 is 1.84. The van der Waals surface area contributed by atoms with E-state index in [1.165, 1.54) is 31.7 Å². The number of benzene rings is 1. The van der Waals surface area contributed by atoms with E-state index in [0.29, 0.717) is 0 Å². The van der Waals surface area contributed by atoms with Crippen molar-refractivity contribution in [2.24, 2.45) is 0 Å². The van der Waals surface area contributed by atoms with E-state index < -0.39 is 0 Å². The largest absolute Gasteiger partial charge is 0.304 e. The van der Waals surface area contributed by atoms with Crippen LogP contribution in [0.25, 0.3) is 38.9 Å². The minimum atomic E-state index is 0.826. The molecule has 182 valence electrons. The number of hydrogen-bond donors (Lipinski definition) is 0. The molecule has 0 atom stereocenters. The zero-order valence-electron chi connectivity index (χ0n) is 20.9. The molecule has 0 unspecified atom stereocenters. The molecule has 1 aliphatic heterocycles. The highest BCUT2D eigenvalue weighted by molar-refractivity contribution is 5.98. The lowest BCUT2D eigenvalue weighted by atomic mass is 10.0. The summed E-state index contributed by atoms with van der Waals surface area (Å²) >= 11 is 0. The van der Waals surface area contributed by atoms with Crippen LogP contribution in [0.2, 0.25) is 0 Å². The fourth-order valence-corrected chi connectivity index (χ4v) is 5.01. The van der Waals surface area contributed by atoms with Gasteiger partial charge in [0.15, 0.2) is 5.65 Å².